The van der Waals surface area contributed by atoms with Crippen LogP contribution in [0.15, 0.2) is 31.4 Å². The largest absolute Gasteiger partial charge is 0.345 e. The van der Waals surface area contributed by atoms with Gasteiger partial charge in [0.05, 0.1) is 30.8 Å². The SMILES string of the molecule is C=CC(=O)NC1CN(c2nc(Nc3cnn(C)c3)c3ncn(C(C)C)c3n2)CC1F. The molecule has 0 aliphatic carbocycles. The fraction of sp³-hybridized carbons (Fsp3) is 0.421. The highest BCUT2D eigenvalue weighted by Crippen LogP contribution is 2.28. The molecule has 3 aromatic heterocycles. The van der Waals surface area contributed by atoms with Crippen LogP contribution in [-0.2, 0) is 11.8 Å². The van der Waals surface area contributed by atoms with E-state index in [1.54, 1.807) is 22.1 Å². The lowest BCUT2D eigenvalue weighted by Gasteiger charge is -2.18. The van der Waals surface area contributed by atoms with Crippen LogP contribution in [0.1, 0.15) is 19.9 Å². The molecular formula is C19H24FN9O. The van der Waals surface area contributed by atoms with Gasteiger partial charge in [-0.05, 0) is 19.9 Å². The molecule has 10 nitrogen and oxygen atoms in total. The molecule has 0 bridgehead atoms. The Hall–Kier alpha value is -3.50. The lowest BCUT2D eigenvalue weighted by Crippen LogP contribution is -2.40. The number of carbonyl (C=O) groups is 1. The van der Waals surface area contributed by atoms with E-state index in [0.717, 1.165) is 11.8 Å². The minimum Gasteiger partial charge on any atom is -0.345 e. The molecule has 0 aromatic carbocycles. The van der Waals surface area contributed by atoms with Crippen molar-refractivity contribution < 1.29 is 9.18 Å². The maximum absolute atomic E-state index is 14.5. The third-order valence-corrected chi connectivity index (χ3v) is 4.98. The van der Waals surface area contributed by atoms with Crippen molar-refractivity contribution in [2.24, 2.45) is 7.05 Å². The number of anilines is 3. The second kappa shape index (κ2) is 7.73. The van der Waals surface area contributed by atoms with Crippen molar-refractivity contribution in [1.82, 2.24) is 34.6 Å². The van der Waals surface area contributed by atoms with Crippen LogP contribution in [-0.4, -0.2) is 60.5 Å². The highest BCUT2D eigenvalue weighted by Gasteiger charge is 2.35. The molecule has 1 saturated heterocycles. The smallest absolute Gasteiger partial charge is 0.243 e. The Labute approximate surface area is 172 Å². The van der Waals surface area contributed by atoms with Crippen LogP contribution in [0.4, 0.5) is 21.8 Å². The molecule has 3 aromatic rings. The molecule has 1 aliphatic rings. The number of aromatic nitrogens is 6. The summed E-state index contributed by atoms with van der Waals surface area (Å²) >= 11 is 0. The normalized spacial score (nSPS) is 18.9. The molecule has 158 valence electrons. The summed E-state index contributed by atoms with van der Waals surface area (Å²) in [6.45, 7) is 7.82. The summed E-state index contributed by atoms with van der Waals surface area (Å²) in [7, 11) is 1.82. The molecule has 0 radical (unpaired) electrons. The summed E-state index contributed by atoms with van der Waals surface area (Å²) in [4.78, 5) is 27.1. The van der Waals surface area contributed by atoms with Crippen molar-refractivity contribution in [2.75, 3.05) is 23.3 Å². The number of nitrogens with zero attached hydrogens (tertiary/aromatic N) is 7. The predicted octanol–water partition coefficient (Wildman–Crippen LogP) is 1.71. The molecule has 4 heterocycles. The number of halogens is 1. The fourth-order valence-corrected chi connectivity index (χ4v) is 3.44. The third-order valence-electron chi connectivity index (χ3n) is 4.98. The predicted molar refractivity (Wildman–Crippen MR) is 111 cm³/mol. The van der Waals surface area contributed by atoms with Crippen molar-refractivity contribution in [3.05, 3.63) is 31.4 Å². The second-order valence-electron chi connectivity index (χ2n) is 7.56. The molecule has 30 heavy (non-hydrogen) atoms. The lowest BCUT2D eigenvalue weighted by molar-refractivity contribution is -0.117. The van der Waals surface area contributed by atoms with Crippen molar-refractivity contribution in [2.45, 2.75) is 32.1 Å². The van der Waals surface area contributed by atoms with Crippen LogP contribution in [0.5, 0.6) is 0 Å². The Bertz CT molecular complexity index is 1090. The molecule has 11 heteroatoms. The van der Waals surface area contributed by atoms with Crippen LogP contribution in [0.25, 0.3) is 11.2 Å². The number of fused-ring (bicyclic) bond motifs is 1. The Morgan fingerprint density at radius 2 is 2.17 bits per heavy atom. The maximum atomic E-state index is 14.5. The first-order valence-electron chi connectivity index (χ1n) is 9.68. The summed E-state index contributed by atoms with van der Waals surface area (Å²) in [6.07, 6.45) is 5.12. The molecule has 2 N–H and O–H groups in total. The highest BCUT2D eigenvalue weighted by molar-refractivity contribution is 5.88. The molecule has 1 amide bonds. The number of aryl methyl sites for hydroxylation is 1. The zero-order chi connectivity index (χ0) is 21.4. The number of hydrogen-bond acceptors (Lipinski definition) is 7. The van der Waals surface area contributed by atoms with Gasteiger partial charge < -0.3 is 20.1 Å². The van der Waals surface area contributed by atoms with E-state index in [9.17, 15) is 9.18 Å². The first kappa shape index (κ1) is 19.8. The first-order chi connectivity index (χ1) is 14.4. The Morgan fingerprint density at radius 1 is 1.37 bits per heavy atom. The van der Waals surface area contributed by atoms with Crippen LogP contribution in [0, 0.1) is 0 Å². The van der Waals surface area contributed by atoms with Gasteiger partial charge in [0, 0.05) is 25.8 Å². The van der Waals surface area contributed by atoms with E-state index in [2.05, 4.69) is 37.3 Å². The zero-order valence-electron chi connectivity index (χ0n) is 17.1. The highest BCUT2D eigenvalue weighted by atomic mass is 19.1. The number of rotatable bonds is 6. The van der Waals surface area contributed by atoms with E-state index >= 15 is 0 Å². The summed E-state index contributed by atoms with van der Waals surface area (Å²) in [5.74, 6) is 0.475. The Morgan fingerprint density at radius 3 is 2.83 bits per heavy atom. The van der Waals surface area contributed by atoms with E-state index in [1.165, 1.54) is 0 Å². The molecule has 0 spiro atoms. The molecule has 2 unspecified atom stereocenters. The number of nitrogens with one attached hydrogen (secondary N) is 2. The van der Waals surface area contributed by atoms with Gasteiger partial charge in [-0.1, -0.05) is 6.58 Å². The van der Waals surface area contributed by atoms with Crippen molar-refractivity contribution in [1.29, 1.82) is 0 Å². The van der Waals surface area contributed by atoms with Gasteiger partial charge in [-0.25, -0.2) is 9.37 Å². The third kappa shape index (κ3) is 3.70. The first-order valence-corrected chi connectivity index (χ1v) is 9.68. The van der Waals surface area contributed by atoms with Crippen LogP contribution >= 0.6 is 0 Å². The average Bonchev–Trinajstić information content (AvgIpc) is 3.40. The minimum atomic E-state index is -1.24. The number of hydrogen-bond donors (Lipinski definition) is 2. The van der Waals surface area contributed by atoms with Gasteiger partial charge in [-0.3, -0.25) is 9.48 Å². The number of alkyl halides is 1. The van der Waals surface area contributed by atoms with Gasteiger partial charge in [0.15, 0.2) is 17.0 Å². The van der Waals surface area contributed by atoms with Crippen molar-refractivity contribution in [3.8, 4) is 0 Å². The molecule has 1 fully saturated rings. The topological polar surface area (TPSA) is 106 Å². The molecule has 1 aliphatic heterocycles. The van der Waals surface area contributed by atoms with E-state index in [-0.39, 0.29) is 19.1 Å². The standard InChI is InChI=1S/C19H24FN9O/c1-5-15(30)24-14-9-28(8-13(14)20)19-25-17(23-12-6-22-27(4)7-12)16-18(26-19)29(10-21-16)11(2)3/h5-7,10-11,13-14H,1,8-9H2,2-4H3,(H,24,30)(H,23,25,26). The molecule has 4 rings (SSSR count). The van der Waals surface area contributed by atoms with Crippen LogP contribution < -0.4 is 15.5 Å². The van der Waals surface area contributed by atoms with Gasteiger partial charge >= 0.3 is 0 Å². The Balaban J connectivity index is 1.71. The zero-order valence-corrected chi connectivity index (χ0v) is 17.1. The lowest BCUT2D eigenvalue weighted by atomic mass is 10.2. The van der Waals surface area contributed by atoms with Gasteiger partial charge in [-0.15, -0.1) is 0 Å². The van der Waals surface area contributed by atoms with Crippen LogP contribution in [0.2, 0.25) is 0 Å². The Kier molecular flexibility index (Phi) is 5.10. The van der Waals surface area contributed by atoms with E-state index in [0.29, 0.717) is 22.9 Å². The summed E-state index contributed by atoms with van der Waals surface area (Å²) in [6, 6.07) is -0.518. The number of carbonyl (C=O) groups excluding carboxylic acids is 1. The van der Waals surface area contributed by atoms with Crippen molar-refractivity contribution in [3.63, 3.8) is 0 Å². The number of amides is 1. The quantitative estimate of drug-likeness (QED) is 0.593. The van der Waals surface area contributed by atoms with E-state index in [1.807, 2.05) is 31.7 Å². The second-order valence-corrected chi connectivity index (χ2v) is 7.56. The summed E-state index contributed by atoms with van der Waals surface area (Å²) in [5.41, 5.74) is 2.02. The van der Waals surface area contributed by atoms with E-state index in [4.69, 9.17) is 0 Å². The average molecular weight is 413 g/mol. The number of imidazole rings is 1. The van der Waals surface area contributed by atoms with Crippen LogP contribution in [0.3, 0.4) is 0 Å². The molecular weight excluding hydrogens is 389 g/mol. The van der Waals surface area contributed by atoms with Gasteiger partial charge in [-0.2, -0.15) is 15.1 Å². The van der Waals surface area contributed by atoms with E-state index < -0.39 is 18.1 Å². The maximum Gasteiger partial charge on any atom is 0.243 e. The van der Waals surface area contributed by atoms with Gasteiger partial charge in [0.25, 0.3) is 0 Å². The fourth-order valence-electron chi connectivity index (χ4n) is 3.44. The molecule has 0 saturated carbocycles. The van der Waals surface area contributed by atoms with Crippen molar-refractivity contribution >= 4 is 34.5 Å². The monoisotopic (exact) mass is 413 g/mol. The molecule has 2 atom stereocenters. The van der Waals surface area contributed by atoms with Gasteiger partial charge in [0.2, 0.25) is 11.9 Å². The summed E-state index contributed by atoms with van der Waals surface area (Å²) in [5, 5.41) is 10.0. The minimum absolute atomic E-state index is 0.0791. The van der Waals surface area contributed by atoms with Gasteiger partial charge in [0.1, 0.15) is 6.17 Å². The summed E-state index contributed by atoms with van der Waals surface area (Å²) < 4.78 is 18.2.